The first-order valence-electron chi connectivity index (χ1n) is 9.56. The van der Waals surface area contributed by atoms with Crippen LogP contribution in [0.4, 0.5) is 16.2 Å². The van der Waals surface area contributed by atoms with Gasteiger partial charge < -0.3 is 24.3 Å². The number of para-hydroxylation sites is 2. The number of carbonyl (C=O) groups excluding carboxylic acids is 4. The largest absolute Gasteiger partial charge is 0.462 e. The van der Waals surface area contributed by atoms with E-state index in [1.807, 2.05) is 0 Å². The Labute approximate surface area is 181 Å². The molecule has 5 atom stereocenters. The van der Waals surface area contributed by atoms with Gasteiger partial charge in [-0.1, -0.05) is 12.1 Å². The van der Waals surface area contributed by atoms with Gasteiger partial charge in [0, 0.05) is 26.8 Å². The summed E-state index contributed by atoms with van der Waals surface area (Å²) in [6.07, 6.45) is -4.57. The van der Waals surface area contributed by atoms with Crippen molar-refractivity contribution in [3.63, 3.8) is 0 Å². The predicted molar refractivity (Wildman–Crippen MR) is 104 cm³/mol. The van der Waals surface area contributed by atoms with Gasteiger partial charge in [-0.15, -0.1) is 0 Å². The van der Waals surface area contributed by atoms with E-state index in [0.29, 0.717) is 0 Å². The Kier molecular flexibility index (Phi) is 6.58. The standard InChI is InChI=1S/C19H21N3O10/c1-9(23)29-8-14(30-10(2)24)16-17(31-11(3)25)15-18(32-16)21(19(26)20-15)12-6-4-5-7-13(12)22(27)28/h4-7,14-18H,8H2,1-3H3,(H,20,26)/t14-,15-,16-,17-,18+/m1/s1. The third-order valence-electron chi connectivity index (χ3n) is 4.82. The molecule has 0 aliphatic carbocycles. The number of rotatable bonds is 7. The van der Waals surface area contributed by atoms with Crippen molar-refractivity contribution in [3.8, 4) is 0 Å². The molecule has 13 nitrogen and oxygen atoms in total. The van der Waals surface area contributed by atoms with Crippen molar-refractivity contribution in [2.75, 3.05) is 11.5 Å². The highest BCUT2D eigenvalue weighted by Crippen LogP contribution is 2.39. The number of nitrogens with zero attached hydrogens (tertiary/aromatic N) is 2. The van der Waals surface area contributed by atoms with E-state index in [-0.39, 0.29) is 11.4 Å². The summed E-state index contributed by atoms with van der Waals surface area (Å²) in [5.41, 5.74) is -0.371. The summed E-state index contributed by atoms with van der Waals surface area (Å²) in [5, 5.41) is 14.1. The first kappa shape index (κ1) is 22.9. The summed E-state index contributed by atoms with van der Waals surface area (Å²) in [5.74, 6) is -2.04. The smallest absolute Gasteiger partial charge is 0.324 e. The molecule has 2 amide bonds. The maximum Gasteiger partial charge on any atom is 0.324 e. The molecule has 0 saturated carbocycles. The van der Waals surface area contributed by atoms with Crippen molar-refractivity contribution < 1.29 is 43.0 Å². The van der Waals surface area contributed by atoms with Crippen LogP contribution in [0.2, 0.25) is 0 Å². The van der Waals surface area contributed by atoms with Crippen LogP contribution in [-0.2, 0) is 33.3 Å². The van der Waals surface area contributed by atoms with Gasteiger partial charge in [0.15, 0.2) is 18.4 Å². The van der Waals surface area contributed by atoms with E-state index in [4.69, 9.17) is 18.9 Å². The van der Waals surface area contributed by atoms with Gasteiger partial charge in [-0.2, -0.15) is 0 Å². The normalized spacial score (nSPS) is 24.8. The van der Waals surface area contributed by atoms with Crippen LogP contribution in [0.5, 0.6) is 0 Å². The number of hydrogen-bond acceptors (Lipinski definition) is 10. The second-order valence-electron chi connectivity index (χ2n) is 7.11. The number of ether oxygens (including phenoxy) is 4. The minimum atomic E-state index is -1.17. The molecule has 0 radical (unpaired) electrons. The number of carbonyl (C=O) groups is 4. The number of fused-ring (bicyclic) bond motifs is 1. The van der Waals surface area contributed by atoms with Crippen molar-refractivity contribution in [3.05, 3.63) is 34.4 Å². The van der Waals surface area contributed by atoms with Gasteiger partial charge in [-0.3, -0.25) is 29.4 Å². The zero-order valence-electron chi connectivity index (χ0n) is 17.4. The SMILES string of the molecule is CC(=O)OC[C@@H](OC(C)=O)[C@H]1O[C@H]2[C@H](NC(=O)N2c2ccccc2[N+](=O)[O-])[C@H]1OC(C)=O. The Morgan fingerprint density at radius 1 is 1.19 bits per heavy atom. The molecule has 32 heavy (non-hydrogen) atoms. The fourth-order valence-corrected chi connectivity index (χ4v) is 3.70. The molecule has 0 unspecified atom stereocenters. The zero-order valence-corrected chi connectivity index (χ0v) is 17.4. The Hall–Kier alpha value is -3.74. The monoisotopic (exact) mass is 451 g/mol. The third-order valence-corrected chi connectivity index (χ3v) is 4.82. The number of hydrogen-bond donors (Lipinski definition) is 1. The quantitative estimate of drug-likeness (QED) is 0.269. The van der Waals surface area contributed by atoms with E-state index in [9.17, 15) is 29.3 Å². The third kappa shape index (κ3) is 4.61. The summed E-state index contributed by atoms with van der Waals surface area (Å²) in [7, 11) is 0. The molecule has 2 saturated heterocycles. The van der Waals surface area contributed by atoms with E-state index in [0.717, 1.165) is 25.7 Å². The van der Waals surface area contributed by atoms with Crippen LogP contribution in [-0.4, -0.2) is 66.1 Å². The van der Waals surface area contributed by atoms with E-state index in [1.165, 1.54) is 24.3 Å². The molecule has 2 aliphatic heterocycles. The Balaban J connectivity index is 1.97. The lowest BCUT2D eigenvalue weighted by atomic mass is 10.0. The molecular formula is C19H21N3O10. The number of esters is 3. The van der Waals surface area contributed by atoms with Crippen LogP contribution < -0.4 is 10.2 Å². The fraction of sp³-hybridized carbons (Fsp3) is 0.474. The summed E-state index contributed by atoms with van der Waals surface area (Å²) in [6.45, 7) is 3.05. The van der Waals surface area contributed by atoms with Crippen LogP contribution in [0, 0.1) is 10.1 Å². The molecule has 2 heterocycles. The first-order valence-corrected chi connectivity index (χ1v) is 9.56. The Morgan fingerprint density at radius 2 is 1.88 bits per heavy atom. The lowest BCUT2D eigenvalue weighted by Gasteiger charge is -2.28. The number of nitrogens with one attached hydrogen (secondary N) is 1. The van der Waals surface area contributed by atoms with Crippen molar-refractivity contribution in [1.29, 1.82) is 0 Å². The number of urea groups is 1. The summed E-state index contributed by atoms with van der Waals surface area (Å²) in [6, 6.07) is 3.93. The average Bonchev–Trinajstić information content (AvgIpc) is 3.19. The molecule has 0 spiro atoms. The molecule has 2 aliphatic rings. The van der Waals surface area contributed by atoms with E-state index in [2.05, 4.69) is 5.32 Å². The first-order chi connectivity index (χ1) is 15.1. The highest BCUT2D eigenvalue weighted by molar-refractivity contribution is 5.97. The predicted octanol–water partition coefficient (Wildman–Crippen LogP) is 0.644. The molecule has 3 rings (SSSR count). The molecule has 2 fully saturated rings. The maximum atomic E-state index is 12.7. The van der Waals surface area contributed by atoms with Gasteiger partial charge in [-0.05, 0) is 6.07 Å². The van der Waals surface area contributed by atoms with Gasteiger partial charge in [0.05, 0.1) is 4.92 Å². The summed E-state index contributed by atoms with van der Waals surface area (Å²) >= 11 is 0. The molecule has 13 heteroatoms. The van der Waals surface area contributed by atoms with Gasteiger partial charge in [-0.25, -0.2) is 4.79 Å². The minimum absolute atomic E-state index is 0.0336. The molecule has 0 aromatic heterocycles. The van der Waals surface area contributed by atoms with Crippen LogP contribution in [0.1, 0.15) is 20.8 Å². The number of amides is 2. The highest BCUT2D eigenvalue weighted by atomic mass is 16.6. The van der Waals surface area contributed by atoms with E-state index < -0.39 is 66.1 Å². The van der Waals surface area contributed by atoms with Crippen molar-refractivity contribution in [2.45, 2.75) is 51.4 Å². The molecule has 172 valence electrons. The lowest BCUT2D eigenvalue weighted by molar-refractivity contribution is -0.384. The number of benzene rings is 1. The Morgan fingerprint density at radius 3 is 2.47 bits per heavy atom. The van der Waals surface area contributed by atoms with Gasteiger partial charge >= 0.3 is 23.9 Å². The van der Waals surface area contributed by atoms with Crippen LogP contribution in [0.15, 0.2) is 24.3 Å². The van der Waals surface area contributed by atoms with E-state index >= 15 is 0 Å². The minimum Gasteiger partial charge on any atom is -0.462 e. The topological polar surface area (TPSA) is 164 Å². The van der Waals surface area contributed by atoms with Crippen LogP contribution in [0.3, 0.4) is 0 Å². The number of nitro groups is 1. The summed E-state index contributed by atoms with van der Waals surface area (Å²) in [4.78, 5) is 59.1. The molecular weight excluding hydrogens is 430 g/mol. The second-order valence-corrected chi connectivity index (χ2v) is 7.11. The Bertz CT molecular complexity index is 951. The fourth-order valence-electron chi connectivity index (χ4n) is 3.70. The van der Waals surface area contributed by atoms with E-state index in [1.54, 1.807) is 0 Å². The number of nitro benzene ring substituents is 1. The molecule has 1 N–H and O–H groups in total. The summed E-state index contributed by atoms with van der Waals surface area (Å²) < 4.78 is 21.5. The highest BCUT2D eigenvalue weighted by Gasteiger charge is 2.59. The molecule has 1 aromatic rings. The maximum absolute atomic E-state index is 12.7. The van der Waals surface area contributed by atoms with Crippen molar-refractivity contribution in [1.82, 2.24) is 5.32 Å². The molecule has 1 aromatic carbocycles. The van der Waals surface area contributed by atoms with Crippen molar-refractivity contribution >= 4 is 35.3 Å². The number of anilines is 1. The second kappa shape index (κ2) is 9.18. The molecule has 0 bridgehead atoms. The van der Waals surface area contributed by atoms with Gasteiger partial charge in [0.1, 0.15) is 24.4 Å². The zero-order chi connectivity index (χ0) is 23.6. The van der Waals surface area contributed by atoms with Crippen molar-refractivity contribution in [2.24, 2.45) is 0 Å². The van der Waals surface area contributed by atoms with Gasteiger partial charge in [0.2, 0.25) is 0 Å². The van der Waals surface area contributed by atoms with Crippen LogP contribution >= 0.6 is 0 Å². The van der Waals surface area contributed by atoms with Crippen LogP contribution in [0.25, 0.3) is 0 Å². The lowest BCUT2D eigenvalue weighted by Crippen LogP contribution is -2.49. The van der Waals surface area contributed by atoms with Gasteiger partial charge in [0.25, 0.3) is 5.69 Å². The average molecular weight is 451 g/mol.